The molecule has 0 radical (unpaired) electrons. The van der Waals surface area contributed by atoms with E-state index in [1.807, 2.05) is 30.3 Å². The Labute approximate surface area is 177 Å². The summed E-state index contributed by atoms with van der Waals surface area (Å²) in [7, 11) is 0. The van der Waals surface area contributed by atoms with Crippen molar-refractivity contribution in [3.63, 3.8) is 0 Å². The summed E-state index contributed by atoms with van der Waals surface area (Å²) in [6.45, 7) is 9.28. The molecule has 0 saturated carbocycles. The van der Waals surface area contributed by atoms with Gasteiger partial charge in [-0.2, -0.15) is 18.3 Å². The lowest BCUT2D eigenvalue weighted by Gasteiger charge is -2.27. The molecule has 1 aromatic carbocycles. The van der Waals surface area contributed by atoms with Crippen molar-refractivity contribution >= 4 is 16.7 Å². The van der Waals surface area contributed by atoms with Gasteiger partial charge in [0.15, 0.2) is 5.69 Å². The number of pyridine rings is 2. The van der Waals surface area contributed by atoms with Gasteiger partial charge in [-0.3, -0.25) is 9.67 Å². The molecule has 4 rings (SSSR count). The fourth-order valence-electron chi connectivity index (χ4n) is 3.26. The van der Waals surface area contributed by atoms with Crippen molar-refractivity contribution in [2.24, 2.45) is 5.41 Å². The molecule has 0 aliphatic heterocycles. The van der Waals surface area contributed by atoms with Crippen LogP contribution in [0.5, 0.6) is 0 Å². The maximum Gasteiger partial charge on any atom is 0.395 e. The number of fused-ring (bicyclic) bond motifs is 1. The van der Waals surface area contributed by atoms with E-state index in [-0.39, 0.29) is 12.4 Å². The highest BCUT2D eigenvalue weighted by Gasteiger charge is 2.47. The van der Waals surface area contributed by atoms with Crippen LogP contribution in [0.15, 0.2) is 61.1 Å². The molecule has 3 heterocycles. The Morgan fingerprint density at radius 1 is 1.06 bits per heavy atom. The molecule has 0 N–H and O–H groups in total. The van der Waals surface area contributed by atoms with Crippen LogP contribution < -0.4 is 0 Å². The Morgan fingerprint density at radius 2 is 1.87 bits per heavy atom. The number of benzene rings is 1. The first-order chi connectivity index (χ1) is 14.7. The molecule has 0 amide bonds. The van der Waals surface area contributed by atoms with Crippen molar-refractivity contribution in [3.8, 4) is 22.4 Å². The average Bonchev–Trinajstić information content (AvgIpc) is 3.19. The third-order valence-corrected chi connectivity index (χ3v) is 5.14. The topological polar surface area (TPSA) is 48.0 Å². The first kappa shape index (κ1) is 20.5. The molecule has 156 valence electrons. The third kappa shape index (κ3) is 3.99. The summed E-state index contributed by atoms with van der Waals surface area (Å²) in [6.07, 6.45) is 0.443. The van der Waals surface area contributed by atoms with Crippen LogP contribution in [0.4, 0.5) is 19.0 Å². The molecule has 0 saturated heterocycles. The second kappa shape index (κ2) is 7.51. The monoisotopic (exact) mass is 421 g/mol. The van der Waals surface area contributed by atoms with E-state index in [9.17, 15) is 13.2 Å². The van der Waals surface area contributed by atoms with Crippen molar-refractivity contribution in [3.05, 3.63) is 72.5 Å². The van der Waals surface area contributed by atoms with E-state index < -0.39 is 11.6 Å². The van der Waals surface area contributed by atoms with E-state index in [1.54, 1.807) is 24.5 Å². The molecule has 5 nitrogen and oxygen atoms in total. The minimum Gasteiger partial charge on any atom is -0.361 e. The van der Waals surface area contributed by atoms with Gasteiger partial charge in [-0.15, -0.1) is 4.98 Å². The van der Waals surface area contributed by atoms with Gasteiger partial charge in [0.05, 0.1) is 23.7 Å². The van der Waals surface area contributed by atoms with Crippen LogP contribution in [-0.2, 0) is 6.54 Å². The highest BCUT2D eigenvalue weighted by molar-refractivity contribution is 5.88. The van der Waals surface area contributed by atoms with Crippen LogP contribution in [0.25, 0.3) is 38.1 Å². The maximum absolute atomic E-state index is 13.3. The molecule has 0 fully saturated rings. The van der Waals surface area contributed by atoms with E-state index in [1.165, 1.54) is 10.9 Å². The second-order valence-corrected chi connectivity index (χ2v) is 7.90. The van der Waals surface area contributed by atoms with Crippen molar-refractivity contribution < 1.29 is 13.2 Å². The predicted octanol–water partition coefficient (Wildman–Crippen LogP) is 6.30. The lowest BCUT2D eigenvalue weighted by molar-refractivity contribution is -0.216. The number of nitrogens with zero attached hydrogens (tertiary/aromatic N) is 5. The Balaban J connectivity index is 1.78. The summed E-state index contributed by atoms with van der Waals surface area (Å²) in [4.78, 5) is 12.2. The largest absolute Gasteiger partial charge is 0.395 e. The Kier molecular flexibility index (Phi) is 4.97. The normalized spacial score (nSPS) is 12.1. The molecule has 8 heteroatoms. The minimum atomic E-state index is -4.35. The van der Waals surface area contributed by atoms with Gasteiger partial charge in [0.25, 0.3) is 5.82 Å². The summed E-state index contributed by atoms with van der Waals surface area (Å²) in [5.41, 5.74) is 1.47. The van der Waals surface area contributed by atoms with E-state index in [0.717, 1.165) is 30.3 Å². The summed E-state index contributed by atoms with van der Waals surface area (Å²) < 4.78 is 41.1. The number of rotatable bonds is 4. The molecule has 0 bridgehead atoms. The lowest BCUT2D eigenvalue weighted by Crippen LogP contribution is -2.36. The maximum atomic E-state index is 13.3. The summed E-state index contributed by atoms with van der Waals surface area (Å²) in [5, 5.41) is 5.10. The van der Waals surface area contributed by atoms with E-state index in [0.29, 0.717) is 16.8 Å². The van der Waals surface area contributed by atoms with Crippen molar-refractivity contribution in [1.29, 1.82) is 0 Å². The standard InChI is InChI=1S/C23H18F3N5/c1-22(2,23(24,25)26)14-31-13-17(12-29-31)18-8-9-20(27-3)30-21(18)16-7-6-15-5-4-10-28-19(15)11-16/h4-13H,14H2,1-2H3. The molecule has 0 atom stereocenters. The highest BCUT2D eigenvalue weighted by Crippen LogP contribution is 2.39. The minimum absolute atomic E-state index is 0.227. The highest BCUT2D eigenvalue weighted by atomic mass is 19.4. The Morgan fingerprint density at radius 3 is 2.61 bits per heavy atom. The van der Waals surface area contributed by atoms with Crippen LogP contribution in [0.2, 0.25) is 0 Å². The zero-order valence-corrected chi connectivity index (χ0v) is 16.9. The zero-order chi connectivity index (χ0) is 22.2. The number of aromatic nitrogens is 4. The van der Waals surface area contributed by atoms with Crippen LogP contribution in [-0.4, -0.2) is 25.9 Å². The molecule has 0 unspecified atom stereocenters. The van der Waals surface area contributed by atoms with E-state index in [4.69, 9.17) is 6.57 Å². The van der Waals surface area contributed by atoms with Crippen molar-refractivity contribution in [2.75, 3.05) is 0 Å². The van der Waals surface area contributed by atoms with Gasteiger partial charge in [-0.25, -0.2) is 0 Å². The van der Waals surface area contributed by atoms with E-state index in [2.05, 4.69) is 19.9 Å². The van der Waals surface area contributed by atoms with Gasteiger partial charge in [-0.05, 0) is 38.1 Å². The van der Waals surface area contributed by atoms with Crippen molar-refractivity contribution in [1.82, 2.24) is 19.7 Å². The van der Waals surface area contributed by atoms with Gasteiger partial charge in [-0.1, -0.05) is 24.8 Å². The average molecular weight is 421 g/mol. The molecule has 4 aromatic rings. The first-order valence-corrected chi connectivity index (χ1v) is 9.51. The summed E-state index contributed by atoms with van der Waals surface area (Å²) in [5.74, 6) is 0.227. The van der Waals surface area contributed by atoms with E-state index >= 15 is 0 Å². The third-order valence-electron chi connectivity index (χ3n) is 5.14. The van der Waals surface area contributed by atoms with Crippen LogP contribution in [0.3, 0.4) is 0 Å². The molecular formula is C23H18F3N5. The number of hydrogen-bond donors (Lipinski definition) is 0. The van der Waals surface area contributed by atoms with Gasteiger partial charge >= 0.3 is 6.18 Å². The van der Waals surface area contributed by atoms with Gasteiger partial charge < -0.3 is 4.85 Å². The van der Waals surface area contributed by atoms with Crippen molar-refractivity contribution in [2.45, 2.75) is 26.6 Å². The number of hydrogen-bond acceptors (Lipinski definition) is 3. The second-order valence-electron chi connectivity index (χ2n) is 7.90. The fourth-order valence-corrected chi connectivity index (χ4v) is 3.26. The Bertz CT molecular complexity index is 1300. The zero-order valence-electron chi connectivity index (χ0n) is 16.9. The van der Waals surface area contributed by atoms with Gasteiger partial charge in [0.2, 0.25) is 0 Å². The summed E-state index contributed by atoms with van der Waals surface area (Å²) in [6, 6.07) is 12.8. The molecule has 3 aromatic heterocycles. The lowest BCUT2D eigenvalue weighted by atomic mass is 9.93. The SMILES string of the molecule is [C-]#[N+]c1ccc(-c2cnn(CC(C)(C)C(F)(F)F)c2)c(-c2ccc3cccnc3c2)n1. The predicted molar refractivity (Wildman–Crippen MR) is 112 cm³/mol. The summed E-state index contributed by atoms with van der Waals surface area (Å²) >= 11 is 0. The molecule has 0 spiro atoms. The van der Waals surface area contributed by atoms with Gasteiger partial charge in [0.1, 0.15) is 0 Å². The van der Waals surface area contributed by atoms with Crippen LogP contribution >= 0.6 is 0 Å². The molecule has 31 heavy (non-hydrogen) atoms. The smallest absolute Gasteiger partial charge is 0.361 e. The number of halogens is 3. The fraction of sp³-hybridized carbons (Fsp3) is 0.217. The van der Waals surface area contributed by atoms with Crippen LogP contribution in [0, 0.1) is 12.0 Å². The van der Waals surface area contributed by atoms with Gasteiger partial charge in [0, 0.05) is 34.5 Å². The quantitative estimate of drug-likeness (QED) is 0.363. The van der Waals surface area contributed by atoms with Crippen LogP contribution in [0.1, 0.15) is 13.8 Å². The Hall–Kier alpha value is -3.73. The number of alkyl halides is 3. The first-order valence-electron chi connectivity index (χ1n) is 9.51. The molecule has 0 aliphatic carbocycles. The molecule has 0 aliphatic rings. The molecular weight excluding hydrogens is 403 g/mol.